The molecule has 0 unspecified atom stereocenters. The van der Waals surface area contributed by atoms with Gasteiger partial charge in [-0.25, -0.2) is 4.98 Å². The molecule has 0 aliphatic carbocycles. The molecule has 1 aliphatic rings. The fraction of sp³-hybridized carbons (Fsp3) is 0.421. The van der Waals surface area contributed by atoms with Gasteiger partial charge in [-0.3, -0.25) is 9.59 Å². The first kappa shape index (κ1) is 17.6. The van der Waals surface area contributed by atoms with E-state index >= 15 is 0 Å². The van der Waals surface area contributed by atoms with Gasteiger partial charge in [0.05, 0.1) is 23.2 Å². The van der Waals surface area contributed by atoms with Crippen molar-refractivity contribution in [2.45, 2.75) is 45.6 Å². The van der Waals surface area contributed by atoms with E-state index in [2.05, 4.69) is 24.1 Å². The first-order valence-corrected chi connectivity index (χ1v) is 9.32. The summed E-state index contributed by atoms with van der Waals surface area (Å²) in [5.74, 6) is -0.167. The lowest BCUT2D eigenvalue weighted by Gasteiger charge is -2.18. The second-order valence-electron chi connectivity index (χ2n) is 6.92. The molecule has 1 atom stereocenters. The molecule has 132 valence electrons. The Morgan fingerprint density at radius 3 is 2.84 bits per heavy atom. The van der Waals surface area contributed by atoms with Gasteiger partial charge >= 0.3 is 0 Å². The fourth-order valence-electron chi connectivity index (χ4n) is 2.97. The Hall–Kier alpha value is -2.21. The predicted octanol–water partition coefficient (Wildman–Crippen LogP) is 3.66. The molecule has 25 heavy (non-hydrogen) atoms. The Bertz CT molecular complexity index is 813. The van der Waals surface area contributed by atoms with Crippen molar-refractivity contribution < 1.29 is 9.59 Å². The number of nitrogens with zero attached hydrogens (tertiary/aromatic N) is 2. The number of rotatable bonds is 5. The van der Waals surface area contributed by atoms with Gasteiger partial charge in [-0.2, -0.15) is 0 Å². The van der Waals surface area contributed by atoms with Crippen molar-refractivity contribution in [2.75, 3.05) is 12.4 Å². The lowest BCUT2D eigenvalue weighted by Crippen LogP contribution is -2.29. The number of benzene rings is 1. The Kier molecular flexibility index (Phi) is 4.90. The second-order valence-corrected chi connectivity index (χ2v) is 7.81. The van der Waals surface area contributed by atoms with Crippen LogP contribution in [-0.4, -0.2) is 28.7 Å². The van der Waals surface area contributed by atoms with Crippen molar-refractivity contribution in [3.63, 3.8) is 0 Å². The highest BCUT2D eigenvalue weighted by atomic mass is 32.1. The molecule has 6 heteroatoms. The van der Waals surface area contributed by atoms with Gasteiger partial charge in [-0.05, 0) is 18.6 Å². The van der Waals surface area contributed by atoms with E-state index in [0.717, 1.165) is 27.5 Å². The van der Waals surface area contributed by atoms with Crippen LogP contribution in [0.4, 0.5) is 5.69 Å². The summed E-state index contributed by atoms with van der Waals surface area (Å²) in [6.45, 7) is 6.67. The van der Waals surface area contributed by atoms with Crippen molar-refractivity contribution in [3.05, 3.63) is 45.4 Å². The molecule has 1 aromatic heterocycles. The van der Waals surface area contributed by atoms with E-state index in [-0.39, 0.29) is 18.2 Å². The van der Waals surface area contributed by atoms with Crippen molar-refractivity contribution >= 4 is 28.8 Å². The van der Waals surface area contributed by atoms with Crippen molar-refractivity contribution in [2.24, 2.45) is 0 Å². The maximum atomic E-state index is 12.6. The molecule has 2 heterocycles. The van der Waals surface area contributed by atoms with Gasteiger partial charge in [0.2, 0.25) is 11.8 Å². The fourth-order valence-corrected chi connectivity index (χ4v) is 3.80. The van der Waals surface area contributed by atoms with Crippen LogP contribution < -0.4 is 5.32 Å². The van der Waals surface area contributed by atoms with Crippen LogP contribution in [0.3, 0.4) is 0 Å². The van der Waals surface area contributed by atoms with Crippen LogP contribution >= 0.6 is 11.3 Å². The number of carbonyl (C=O) groups is 2. The van der Waals surface area contributed by atoms with Gasteiger partial charge in [0, 0.05) is 30.5 Å². The molecule has 0 fully saturated rings. The first-order valence-electron chi connectivity index (χ1n) is 8.45. The third kappa shape index (κ3) is 3.74. The first-order chi connectivity index (χ1) is 11.8. The summed E-state index contributed by atoms with van der Waals surface area (Å²) in [5.41, 5.74) is 3.72. The minimum Gasteiger partial charge on any atom is -0.340 e. The number of hydrogen-bond acceptors (Lipinski definition) is 4. The number of hydrogen-bond donors (Lipinski definition) is 1. The summed E-state index contributed by atoms with van der Waals surface area (Å²) in [7, 11) is 1.76. The Morgan fingerprint density at radius 1 is 1.40 bits per heavy atom. The lowest BCUT2D eigenvalue weighted by molar-refractivity contribution is -0.132. The molecule has 3 rings (SSSR count). The van der Waals surface area contributed by atoms with Gasteiger partial charge in [0.25, 0.3) is 0 Å². The summed E-state index contributed by atoms with van der Waals surface area (Å²) >= 11 is 1.62. The van der Waals surface area contributed by atoms with Gasteiger partial charge in [0.1, 0.15) is 0 Å². The number of amides is 2. The van der Waals surface area contributed by atoms with E-state index in [4.69, 9.17) is 0 Å². The van der Waals surface area contributed by atoms with E-state index in [1.807, 2.05) is 30.5 Å². The number of carbonyl (C=O) groups excluding carboxylic acids is 2. The molecule has 2 aromatic rings. The highest BCUT2D eigenvalue weighted by Crippen LogP contribution is 2.35. The quantitative estimate of drug-likeness (QED) is 0.888. The van der Waals surface area contributed by atoms with Crippen LogP contribution in [0.1, 0.15) is 53.9 Å². The van der Waals surface area contributed by atoms with Gasteiger partial charge in [-0.15, -0.1) is 11.3 Å². The molecule has 0 radical (unpaired) electrons. The van der Waals surface area contributed by atoms with Crippen LogP contribution in [0.15, 0.2) is 23.6 Å². The maximum absolute atomic E-state index is 12.6. The Balaban J connectivity index is 1.67. The standard InChI is InChI=1S/C19H23N3O2S/c1-11(2)19-20-13(10-25-19)9-22(4)17(23)8-15-14-7-12(3)5-6-16(14)21-18(15)24/h5-7,10-11,15H,8-9H2,1-4H3,(H,21,24)/t15-/m0/s1. The molecule has 0 saturated carbocycles. The summed E-state index contributed by atoms with van der Waals surface area (Å²) in [6.07, 6.45) is 0.181. The zero-order valence-corrected chi connectivity index (χ0v) is 15.8. The third-order valence-corrected chi connectivity index (χ3v) is 5.62. The largest absolute Gasteiger partial charge is 0.340 e. The smallest absolute Gasteiger partial charge is 0.232 e. The maximum Gasteiger partial charge on any atom is 0.232 e. The van der Waals surface area contributed by atoms with Crippen LogP contribution in [0.25, 0.3) is 0 Å². The van der Waals surface area contributed by atoms with Crippen LogP contribution in [0.2, 0.25) is 0 Å². The Labute approximate surface area is 152 Å². The number of nitrogens with one attached hydrogen (secondary N) is 1. The number of thiazole rings is 1. The van der Waals surface area contributed by atoms with Crippen LogP contribution in [-0.2, 0) is 16.1 Å². The summed E-state index contributed by atoms with van der Waals surface area (Å²) in [6, 6.07) is 5.85. The topological polar surface area (TPSA) is 62.3 Å². The molecule has 1 N–H and O–H groups in total. The predicted molar refractivity (Wildman–Crippen MR) is 99.8 cm³/mol. The highest BCUT2D eigenvalue weighted by molar-refractivity contribution is 7.09. The van der Waals surface area contributed by atoms with Crippen LogP contribution in [0.5, 0.6) is 0 Å². The number of fused-ring (bicyclic) bond motifs is 1. The number of anilines is 1. The van der Waals surface area contributed by atoms with E-state index in [1.165, 1.54) is 0 Å². The van der Waals surface area contributed by atoms with E-state index in [0.29, 0.717) is 12.5 Å². The number of aromatic nitrogens is 1. The molecule has 0 saturated heterocycles. The lowest BCUT2D eigenvalue weighted by atomic mass is 9.95. The molecular weight excluding hydrogens is 334 g/mol. The zero-order valence-electron chi connectivity index (χ0n) is 15.0. The number of aryl methyl sites for hydroxylation is 1. The molecule has 1 aliphatic heterocycles. The molecule has 1 aromatic carbocycles. The monoisotopic (exact) mass is 357 g/mol. The SMILES string of the molecule is Cc1ccc2c(c1)[C@H](CC(=O)N(C)Cc1csc(C(C)C)n1)C(=O)N2. The summed E-state index contributed by atoms with van der Waals surface area (Å²) < 4.78 is 0. The van der Waals surface area contributed by atoms with E-state index < -0.39 is 5.92 Å². The summed E-state index contributed by atoms with van der Waals surface area (Å²) in [5, 5.41) is 5.94. The highest BCUT2D eigenvalue weighted by Gasteiger charge is 2.33. The third-order valence-electron chi connectivity index (χ3n) is 4.42. The van der Waals surface area contributed by atoms with Gasteiger partial charge in [-0.1, -0.05) is 31.5 Å². The van der Waals surface area contributed by atoms with Gasteiger partial charge < -0.3 is 10.2 Å². The van der Waals surface area contributed by atoms with Crippen LogP contribution in [0, 0.1) is 6.92 Å². The average Bonchev–Trinajstić information content (AvgIpc) is 3.13. The molecule has 5 nitrogen and oxygen atoms in total. The van der Waals surface area contributed by atoms with E-state index in [1.54, 1.807) is 23.3 Å². The second kappa shape index (κ2) is 6.96. The van der Waals surface area contributed by atoms with Crippen molar-refractivity contribution in [3.8, 4) is 0 Å². The zero-order chi connectivity index (χ0) is 18.1. The van der Waals surface area contributed by atoms with Crippen molar-refractivity contribution in [1.29, 1.82) is 0 Å². The van der Waals surface area contributed by atoms with Gasteiger partial charge in [0.15, 0.2) is 0 Å². The molecular formula is C19H23N3O2S. The van der Waals surface area contributed by atoms with E-state index in [9.17, 15) is 9.59 Å². The Morgan fingerprint density at radius 2 is 2.16 bits per heavy atom. The average molecular weight is 357 g/mol. The normalized spacial score (nSPS) is 16.0. The minimum absolute atomic E-state index is 0.0476. The molecule has 2 amide bonds. The van der Waals surface area contributed by atoms with Crippen molar-refractivity contribution in [1.82, 2.24) is 9.88 Å². The molecule has 0 bridgehead atoms. The minimum atomic E-state index is -0.411. The molecule has 0 spiro atoms. The summed E-state index contributed by atoms with van der Waals surface area (Å²) in [4.78, 5) is 31.1.